The zero-order valence-electron chi connectivity index (χ0n) is 27.1. The van der Waals surface area contributed by atoms with E-state index in [1.165, 1.54) is 4.90 Å². The number of hydrogen-bond donors (Lipinski definition) is 3. The van der Waals surface area contributed by atoms with Crippen LogP contribution in [0.15, 0.2) is 84.9 Å². The van der Waals surface area contributed by atoms with Gasteiger partial charge in [-0.05, 0) is 68.9 Å². The molecule has 0 bridgehead atoms. The monoisotopic (exact) mass is 627 g/mol. The van der Waals surface area contributed by atoms with Crippen LogP contribution in [-0.4, -0.2) is 71.6 Å². The van der Waals surface area contributed by atoms with E-state index in [9.17, 15) is 14.4 Å². The number of amides is 4. The molecule has 0 unspecified atom stereocenters. The van der Waals surface area contributed by atoms with Crippen molar-refractivity contribution in [3.05, 3.63) is 102 Å². The first-order chi connectivity index (χ1) is 22.1. The van der Waals surface area contributed by atoms with E-state index in [-0.39, 0.29) is 30.7 Å². The lowest BCUT2D eigenvalue weighted by molar-refractivity contribution is -0.126. The molecule has 1 saturated heterocycles. The zero-order valence-corrected chi connectivity index (χ0v) is 27.1. The zero-order chi connectivity index (χ0) is 33.1. The van der Waals surface area contributed by atoms with E-state index in [1.54, 1.807) is 32.8 Å². The largest absolute Gasteiger partial charge is 0.497 e. The van der Waals surface area contributed by atoms with Crippen LogP contribution in [0.5, 0.6) is 5.75 Å². The van der Waals surface area contributed by atoms with E-state index in [2.05, 4.69) is 10.6 Å². The Hall–Kier alpha value is -4.86. The van der Waals surface area contributed by atoms with Crippen LogP contribution in [0.3, 0.4) is 0 Å². The molecular formula is C36H45N5O5. The Morgan fingerprint density at radius 1 is 0.891 bits per heavy atom. The summed E-state index contributed by atoms with van der Waals surface area (Å²) in [5.74, 6) is 0.598. The van der Waals surface area contributed by atoms with Crippen LogP contribution >= 0.6 is 0 Å². The lowest BCUT2D eigenvalue weighted by atomic mass is 10.0. The number of alkyl carbamates (subject to hydrolysis) is 1. The van der Waals surface area contributed by atoms with Crippen LogP contribution < -0.4 is 15.4 Å². The summed E-state index contributed by atoms with van der Waals surface area (Å²) < 4.78 is 10.6. The number of methoxy groups -OCH3 is 1. The van der Waals surface area contributed by atoms with E-state index in [1.807, 2.05) is 84.9 Å². The van der Waals surface area contributed by atoms with Gasteiger partial charge in [-0.15, -0.1) is 0 Å². The Kier molecular flexibility index (Phi) is 11.8. The summed E-state index contributed by atoms with van der Waals surface area (Å²) in [4.78, 5) is 43.4. The first kappa shape index (κ1) is 34.0. The first-order valence-corrected chi connectivity index (χ1v) is 15.7. The lowest BCUT2D eigenvalue weighted by Gasteiger charge is -2.31. The van der Waals surface area contributed by atoms with Crippen molar-refractivity contribution < 1.29 is 23.9 Å². The minimum absolute atomic E-state index is 0.162. The Labute approximate surface area is 271 Å². The molecule has 0 aliphatic carbocycles. The molecule has 0 aromatic heterocycles. The molecule has 244 valence electrons. The van der Waals surface area contributed by atoms with Gasteiger partial charge in [0, 0.05) is 26.1 Å². The van der Waals surface area contributed by atoms with Crippen molar-refractivity contribution in [1.29, 1.82) is 5.41 Å². The maximum atomic E-state index is 14.2. The molecule has 1 heterocycles. The van der Waals surface area contributed by atoms with Crippen molar-refractivity contribution in [2.45, 2.75) is 70.7 Å². The van der Waals surface area contributed by atoms with E-state index >= 15 is 0 Å². The summed E-state index contributed by atoms with van der Waals surface area (Å²) in [5, 5.41) is 14.9. The summed E-state index contributed by atoms with van der Waals surface area (Å²) in [7, 11) is 1.61. The standard InChI is InChI=1S/C36H45N5O5/c1-36(2,3)46-34(43)38-22-11-16-30(33(42)39-25-28-14-9-6-10-15-28)41-31(24-27-12-7-5-8-13-27)32(37)40(35(41)44)23-21-26-17-19-29(45-4)20-18-26/h5-10,12-15,17-20,30-31,37H,11,16,21-25H2,1-4H3,(H,38,43)(H,39,42)/t30-,31-/m0/s1. The van der Waals surface area contributed by atoms with Crippen LogP contribution in [0.2, 0.25) is 0 Å². The fourth-order valence-corrected chi connectivity index (χ4v) is 5.42. The second kappa shape index (κ2) is 15.9. The first-order valence-electron chi connectivity index (χ1n) is 15.7. The SMILES string of the molecule is COc1ccc(CCN2C(=N)[C@H](Cc3ccccc3)N([C@@H](CCCNC(=O)OC(C)(C)C)C(=O)NCc3ccccc3)C2=O)cc1. The maximum Gasteiger partial charge on any atom is 0.407 e. The van der Waals surface area contributed by atoms with Gasteiger partial charge in [0.25, 0.3) is 0 Å². The number of carbonyl (C=O) groups is 3. The minimum atomic E-state index is -0.864. The van der Waals surface area contributed by atoms with Crippen LogP contribution in [0.1, 0.15) is 50.3 Å². The molecule has 1 fully saturated rings. The third-order valence-electron chi connectivity index (χ3n) is 7.72. The molecule has 4 rings (SSSR count). The average molecular weight is 628 g/mol. The number of amidine groups is 1. The molecule has 3 aromatic carbocycles. The van der Waals surface area contributed by atoms with Crippen molar-refractivity contribution in [3.63, 3.8) is 0 Å². The maximum absolute atomic E-state index is 14.2. The van der Waals surface area contributed by atoms with Crippen molar-refractivity contribution >= 4 is 23.9 Å². The van der Waals surface area contributed by atoms with Crippen LogP contribution in [0, 0.1) is 5.41 Å². The van der Waals surface area contributed by atoms with Crippen LogP contribution in [-0.2, 0) is 28.9 Å². The molecule has 10 heteroatoms. The van der Waals surface area contributed by atoms with Crippen molar-refractivity contribution in [1.82, 2.24) is 20.4 Å². The van der Waals surface area contributed by atoms with Gasteiger partial charge in [-0.25, -0.2) is 9.59 Å². The highest BCUT2D eigenvalue weighted by Crippen LogP contribution is 2.27. The molecule has 10 nitrogen and oxygen atoms in total. The second-order valence-corrected chi connectivity index (χ2v) is 12.3. The third kappa shape index (κ3) is 9.57. The van der Waals surface area contributed by atoms with Crippen LogP contribution in [0.4, 0.5) is 9.59 Å². The highest BCUT2D eigenvalue weighted by Gasteiger charge is 2.47. The van der Waals surface area contributed by atoms with Gasteiger partial charge < -0.3 is 25.0 Å². The van der Waals surface area contributed by atoms with Gasteiger partial charge in [-0.3, -0.25) is 15.1 Å². The van der Waals surface area contributed by atoms with E-state index < -0.39 is 23.8 Å². The molecule has 3 aromatic rings. The van der Waals surface area contributed by atoms with Crippen molar-refractivity contribution in [2.24, 2.45) is 0 Å². The number of rotatable bonds is 14. The normalized spacial score (nSPS) is 15.4. The summed E-state index contributed by atoms with van der Waals surface area (Å²) in [5.41, 5.74) is 2.27. The van der Waals surface area contributed by atoms with Gasteiger partial charge in [0.15, 0.2) is 0 Å². The van der Waals surface area contributed by atoms with Gasteiger partial charge in [-0.1, -0.05) is 72.8 Å². The van der Waals surface area contributed by atoms with E-state index in [4.69, 9.17) is 14.9 Å². The second-order valence-electron chi connectivity index (χ2n) is 12.3. The number of nitrogens with one attached hydrogen (secondary N) is 3. The topological polar surface area (TPSA) is 124 Å². The molecule has 0 saturated carbocycles. The molecule has 0 radical (unpaired) electrons. The average Bonchev–Trinajstić information content (AvgIpc) is 3.26. The molecule has 3 N–H and O–H groups in total. The van der Waals surface area contributed by atoms with Gasteiger partial charge in [0.1, 0.15) is 23.2 Å². The number of carbonyl (C=O) groups excluding carboxylic acids is 3. The molecule has 2 atom stereocenters. The van der Waals surface area contributed by atoms with E-state index in [0.717, 1.165) is 22.4 Å². The van der Waals surface area contributed by atoms with Gasteiger partial charge in [-0.2, -0.15) is 0 Å². The molecule has 46 heavy (non-hydrogen) atoms. The number of nitrogens with zero attached hydrogens (tertiary/aromatic N) is 2. The number of benzene rings is 3. The Balaban J connectivity index is 1.56. The minimum Gasteiger partial charge on any atom is -0.497 e. The third-order valence-corrected chi connectivity index (χ3v) is 7.72. The molecule has 0 spiro atoms. The predicted octanol–water partition coefficient (Wildman–Crippen LogP) is 5.55. The predicted molar refractivity (Wildman–Crippen MR) is 178 cm³/mol. The van der Waals surface area contributed by atoms with Crippen molar-refractivity contribution in [3.8, 4) is 5.75 Å². The van der Waals surface area contributed by atoms with E-state index in [0.29, 0.717) is 32.4 Å². The van der Waals surface area contributed by atoms with Gasteiger partial charge >= 0.3 is 12.1 Å². The Bertz CT molecular complexity index is 1460. The Morgan fingerprint density at radius 2 is 1.52 bits per heavy atom. The molecule has 4 amide bonds. The fraction of sp³-hybridized carbons (Fsp3) is 0.389. The smallest absolute Gasteiger partial charge is 0.407 e. The highest BCUT2D eigenvalue weighted by atomic mass is 16.6. The molecular weight excluding hydrogens is 582 g/mol. The molecule has 1 aliphatic heterocycles. The number of ether oxygens (including phenoxy) is 2. The summed E-state index contributed by atoms with van der Waals surface area (Å²) >= 11 is 0. The van der Waals surface area contributed by atoms with Gasteiger partial charge in [0.05, 0.1) is 13.2 Å². The Morgan fingerprint density at radius 3 is 2.13 bits per heavy atom. The highest BCUT2D eigenvalue weighted by molar-refractivity contribution is 6.07. The van der Waals surface area contributed by atoms with Crippen molar-refractivity contribution in [2.75, 3.05) is 20.2 Å². The number of hydrogen-bond acceptors (Lipinski definition) is 6. The van der Waals surface area contributed by atoms with Gasteiger partial charge in [0.2, 0.25) is 5.91 Å². The quantitative estimate of drug-likeness (QED) is 0.202. The summed E-state index contributed by atoms with van der Waals surface area (Å²) in [6.07, 6.45) is 1.09. The number of urea groups is 1. The van der Waals surface area contributed by atoms with Crippen LogP contribution in [0.25, 0.3) is 0 Å². The molecule has 1 aliphatic rings. The fourth-order valence-electron chi connectivity index (χ4n) is 5.42. The summed E-state index contributed by atoms with van der Waals surface area (Å²) in [6.45, 7) is 6.24. The summed E-state index contributed by atoms with van der Waals surface area (Å²) in [6, 6.07) is 25.0. The lowest BCUT2D eigenvalue weighted by Crippen LogP contribution is -2.52.